The summed E-state index contributed by atoms with van der Waals surface area (Å²) in [6.45, 7) is 2.99. The number of hydrogen-bond acceptors (Lipinski definition) is 13. The molecule has 0 aromatic carbocycles. The Kier molecular flexibility index (Phi) is 33.8. The van der Waals surface area contributed by atoms with Crippen LogP contribution in [0.15, 0.2) is 72.9 Å². The summed E-state index contributed by atoms with van der Waals surface area (Å²) >= 11 is 0. The van der Waals surface area contributed by atoms with Gasteiger partial charge in [0.25, 0.3) is 0 Å². The van der Waals surface area contributed by atoms with Crippen LogP contribution in [0.3, 0.4) is 0 Å². The number of phosphoric ester groups is 1. The minimum atomic E-state index is -5.17. The van der Waals surface area contributed by atoms with E-state index in [-0.39, 0.29) is 25.7 Å². The number of ether oxygens (including phenoxy) is 2. The lowest BCUT2D eigenvalue weighted by molar-refractivity contribution is -0.220. The molecule has 15 heteroatoms. The number of hydrogen-bond donors (Lipinski definition) is 7. The standard InChI is InChI=1S/C47H79O14P/c1-3-5-7-9-11-13-15-17-18-20-22-24-26-28-30-34-41(50)60-39(37-59-62(56,57)61-47-45(54)43(52)42(51)44(53)46(47)55)36-58-40(49)35-31-33-38(48)32-29-27-25-23-21-19-16-14-12-10-8-6-4-2/h6,8,12,14,17-19,21,25,27,29,32,38-39,42-48,51-55H,3-5,7,9-11,13,15-16,20,22-24,26,28,30-31,33-37H2,1-2H3,(H,56,57)/b8-6-,14-12-,18-17-,21-19-,27-25-,32-29+/t38?,39-,42?,43-,44+,45-,46-,47?/m1/s1. The Balaban J connectivity index is 2.57. The Bertz CT molecular complexity index is 1380. The molecule has 0 spiro atoms. The molecule has 62 heavy (non-hydrogen) atoms. The molecule has 0 heterocycles. The van der Waals surface area contributed by atoms with Crippen LogP contribution < -0.4 is 0 Å². The van der Waals surface area contributed by atoms with Gasteiger partial charge in [-0.15, -0.1) is 0 Å². The number of unbranched alkanes of at least 4 members (excludes halogenated alkanes) is 11. The summed E-state index contributed by atoms with van der Waals surface area (Å²) in [4.78, 5) is 35.7. The zero-order valence-electron chi connectivity index (χ0n) is 37.2. The largest absolute Gasteiger partial charge is 0.472 e. The van der Waals surface area contributed by atoms with Gasteiger partial charge in [0.1, 0.15) is 43.2 Å². The molecule has 0 radical (unpaired) electrons. The van der Waals surface area contributed by atoms with Gasteiger partial charge < -0.3 is 45.0 Å². The van der Waals surface area contributed by atoms with E-state index < -0.39 is 81.8 Å². The lowest BCUT2D eigenvalue weighted by atomic mass is 9.85. The summed E-state index contributed by atoms with van der Waals surface area (Å²) < 4.78 is 33.4. The molecule has 1 saturated carbocycles. The van der Waals surface area contributed by atoms with Crippen LogP contribution in [0.4, 0.5) is 0 Å². The number of carbonyl (C=O) groups excluding carboxylic acids is 2. The highest BCUT2D eigenvalue weighted by Crippen LogP contribution is 2.47. The number of aliphatic hydroxyl groups excluding tert-OH is 6. The van der Waals surface area contributed by atoms with Crippen molar-refractivity contribution in [3.8, 4) is 0 Å². The predicted octanol–water partition coefficient (Wildman–Crippen LogP) is 7.69. The van der Waals surface area contributed by atoms with Crippen molar-refractivity contribution in [3.63, 3.8) is 0 Å². The molecule has 1 rings (SSSR count). The van der Waals surface area contributed by atoms with Crippen LogP contribution in [0.2, 0.25) is 0 Å². The van der Waals surface area contributed by atoms with Gasteiger partial charge in [-0.05, 0) is 70.6 Å². The molecule has 4 unspecified atom stereocenters. The zero-order chi connectivity index (χ0) is 45.9. The molecule has 1 aliphatic carbocycles. The fraction of sp³-hybridized carbons (Fsp3) is 0.702. The molecule has 0 aliphatic heterocycles. The lowest BCUT2D eigenvalue weighted by Gasteiger charge is -2.41. The number of carbonyl (C=O) groups is 2. The van der Waals surface area contributed by atoms with Crippen LogP contribution in [0, 0.1) is 0 Å². The summed E-state index contributed by atoms with van der Waals surface area (Å²) in [5.74, 6) is -1.32. The summed E-state index contributed by atoms with van der Waals surface area (Å²) in [7, 11) is -5.17. The van der Waals surface area contributed by atoms with Crippen molar-refractivity contribution in [2.45, 2.75) is 198 Å². The monoisotopic (exact) mass is 899 g/mol. The van der Waals surface area contributed by atoms with Gasteiger partial charge in [-0.25, -0.2) is 4.57 Å². The molecule has 9 atom stereocenters. The summed E-state index contributed by atoms with van der Waals surface area (Å²) in [5, 5.41) is 60.4. The molecule has 0 bridgehead atoms. The minimum Gasteiger partial charge on any atom is -0.462 e. The van der Waals surface area contributed by atoms with E-state index in [1.54, 1.807) is 12.2 Å². The number of rotatable bonds is 36. The molecule has 0 aromatic rings. The normalized spacial score (nSPS) is 23.0. The Labute approximate surface area is 370 Å². The van der Waals surface area contributed by atoms with Crippen molar-refractivity contribution in [2.24, 2.45) is 0 Å². The molecular formula is C47H79O14P. The second kappa shape index (κ2) is 36.6. The fourth-order valence-electron chi connectivity index (χ4n) is 6.43. The second-order valence-corrected chi connectivity index (χ2v) is 17.1. The third-order valence-electron chi connectivity index (χ3n) is 10.1. The predicted molar refractivity (Wildman–Crippen MR) is 241 cm³/mol. The Morgan fingerprint density at radius 1 is 0.597 bits per heavy atom. The van der Waals surface area contributed by atoms with E-state index in [1.165, 1.54) is 38.5 Å². The quantitative estimate of drug-likeness (QED) is 0.0105. The maximum Gasteiger partial charge on any atom is 0.472 e. The molecule has 0 saturated heterocycles. The first-order valence-corrected chi connectivity index (χ1v) is 24.3. The first-order valence-electron chi connectivity index (χ1n) is 22.8. The number of phosphoric acid groups is 1. The highest BCUT2D eigenvalue weighted by molar-refractivity contribution is 7.47. The highest BCUT2D eigenvalue weighted by Gasteiger charge is 2.51. The van der Waals surface area contributed by atoms with Crippen molar-refractivity contribution >= 4 is 19.8 Å². The summed E-state index contributed by atoms with van der Waals surface area (Å²) in [6, 6.07) is 0. The van der Waals surface area contributed by atoms with Crippen LogP contribution in [0.25, 0.3) is 0 Å². The fourth-order valence-corrected chi connectivity index (χ4v) is 7.40. The van der Waals surface area contributed by atoms with Gasteiger partial charge in [0.2, 0.25) is 0 Å². The molecule has 0 amide bonds. The third-order valence-corrected chi connectivity index (χ3v) is 11.1. The molecular weight excluding hydrogens is 819 g/mol. The maximum absolute atomic E-state index is 12.8. The van der Waals surface area contributed by atoms with Gasteiger partial charge >= 0.3 is 19.8 Å². The van der Waals surface area contributed by atoms with E-state index in [0.29, 0.717) is 6.42 Å². The van der Waals surface area contributed by atoms with Gasteiger partial charge in [-0.2, -0.15) is 0 Å². The first-order chi connectivity index (χ1) is 29.8. The van der Waals surface area contributed by atoms with Gasteiger partial charge in [0, 0.05) is 12.8 Å². The van der Waals surface area contributed by atoms with Gasteiger partial charge in [0.15, 0.2) is 6.10 Å². The Morgan fingerprint density at radius 2 is 1.11 bits per heavy atom. The van der Waals surface area contributed by atoms with Crippen molar-refractivity contribution < 1.29 is 68.2 Å². The van der Waals surface area contributed by atoms with E-state index in [4.69, 9.17) is 18.5 Å². The van der Waals surface area contributed by atoms with Crippen molar-refractivity contribution in [1.82, 2.24) is 0 Å². The average Bonchev–Trinajstić information content (AvgIpc) is 3.25. The van der Waals surface area contributed by atoms with Crippen molar-refractivity contribution in [1.29, 1.82) is 0 Å². The second-order valence-electron chi connectivity index (χ2n) is 15.7. The van der Waals surface area contributed by atoms with E-state index in [9.17, 15) is 49.7 Å². The van der Waals surface area contributed by atoms with Crippen LogP contribution in [-0.4, -0.2) is 110 Å². The number of esters is 2. The van der Waals surface area contributed by atoms with Crippen LogP contribution in [0.1, 0.15) is 149 Å². The molecule has 7 N–H and O–H groups in total. The van der Waals surface area contributed by atoms with E-state index >= 15 is 0 Å². The lowest BCUT2D eigenvalue weighted by Crippen LogP contribution is -2.64. The summed E-state index contributed by atoms with van der Waals surface area (Å²) in [5.41, 5.74) is 0. The molecule has 1 fully saturated rings. The van der Waals surface area contributed by atoms with Crippen LogP contribution in [-0.2, 0) is 32.7 Å². The van der Waals surface area contributed by atoms with Crippen molar-refractivity contribution in [2.75, 3.05) is 13.2 Å². The minimum absolute atomic E-state index is 0.0424. The third kappa shape index (κ3) is 28.8. The van der Waals surface area contributed by atoms with E-state index in [2.05, 4.69) is 62.5 Å². The maximum atomic E-state index is 12.8. The molecule has 356 valence electrons. The summed E-state index contributed by atoms with van der Waals surface area (Å²) in [6.07, 6.45) is 28.3. The van der Waals surface area contributed by atoms with E-state index in [0.717, 1.165) is 64.2 Å². The van der Waals surface area contributed by atoms with Crippen molar-refractivity contribution in [3.05, 3.63) is 72.9 Å². The molecule has 0 aromatic heterocycles. The van der Waals surface area contributed by atoms with Gasteiger partial charge in [0.05, 0.1) is 12.7 Å². The Morgan fingerprint density at radius 3 is 1.71 bits per heavy atom. The number of aliphatic hydroxyl groups is 6. The average molecular weight is 899 g/mol. The zero-order valence-corrected chi connectivity index (χ0v) is 38.1. The topological polar surface area (TPSA) is 230 Å². The highest BCUT2D eigenvalue weighted by atomic mass is 31.2. The van der Waals surface area contributed by atoms with Crippen LogP contribution >= 0.6 is 7.82 Å². The Hall–Kier alpha value is -2.75. The first kappa shape index (κ1) is 57.3. The number of allylic oxidation sites excluding steroid dienone is 11. The molecule has 14 nitrogen and oxygen atoms in total. The van der Waals surface area contributed by atoms with Crippen LogP contribution in [0.5, 0.6) is 0 Å². The van der Waals surface area contributed by atoms with Gasteiger partial charge in [-0.1, -0.05) is 138 Å². The smallest absolute Gasteiger partial charge is 0.462 e. The van der Waals surface area contributed by atoms with Gasteiger partial charge in [-0.3, -0.25) is 18.6 Å². The van der Waals surface area contributed by atoms with E-state index in [1.807, 2.05) is 12.2 Å². The SMILES string of the molecule is CC/C=C\C/C=C\C/C=C\C/C=C\C=C\C(O)CCCC(=O)OC[C@H](COP(=O)(O)OC1[C@H](O)[C@H](O)C(O)[C@H](O)[C@H]1O)OC(=O)CCCCCCC/C=C\CCCCCCCC. The molecule has 1 aliphatic rings.